The summed E-state index contributed by atoms with van der Waals surface area (Å²) in [6, 6.07) is 1.28. The molecule has 1 aromatic rings. The number of H-pyrrole nitrogens is 1. The number of carbonyl (C=O) groups excluding carboxylic acids is 2. The SMILES string of the molecule is CC(=O)c1cc(C(=O)OC(C)(C)C)c(C)[nH]c1=O. The number of nitrogens with one attached hydrogen (secondary N) is 1. The van der Waals surface area contributed by atoms with Gasteiger partial charge in [0.2, 0.25) is 0 Å². The van der Waals surface area contributed by atoms with Crippen LogP contribution in [0.3, 0.4) is 0 Å². The molecule has 5 heteroatoms. The van der Waals surface area contributed by atoms with E-state index in [4.69, 9.17) is 4.74 Å². The molecule has 0 aliphatic carbocycles. The smallest absolute Gasteiger partial charge is 0.340 e. The van der Waals surface area contributed by atoms with Crippen LogP contribution in [0.1, 0.15) is 54.1 Å². The zero-order valence-electron chi connectivity index (χ0n) is 11.2. The van der Waals surface area contributed by atoms with E-state index in [2.05, 4.69) is 4.98 Å². The predicted molar refractivity (Wildman–Crippen MR) is 67.0 cm³/mol. The molecule has 0 aliphatic rings. The third-order valence-corrected chi connectivity index (χ3v) is 2.24. The van der Waals surface area contributed by atoms with Crippen LogP contribution < -0.4 is 5.56 Å². The summed E-state index contributed by atoms with van der Waals surface area (Å²) < 4.78 is 5.21. The number of aromatic amines is 1. The number of hydrogen-bond acceptors (Lipinski definition) is 4. The van der Waals surface area contributed by atoms with Crippen LogP contribution in [0.2, 0.25) is 0 Å². The number of Topliss-reactive ketones (excluding diaryl/α,β-unsaturated/α-hetero) is 1. The summed E-state index contributed by atoms with van der Waals surface area (Å²) in [4.78, 5) is 37.2. The first kappa shape index (κ1) is 14.2. The van der Waals surface area contributed by atoms with Crippen LogP contribution in [0.25, 0.3) is 0 Å². The lowest BCUT2D eigenvalue weighted by atomic mass is 10.1. The number of pyridine rings is 1. The zero-order chi connectivity index (χ0) is 14.1. The summed E-state index contributed by atoms with van der Waals surface area (Å²) in [7, 11) is 0. The zero-order valence-corrected chi connectivity index (χ0v) is 11.2. The molecule has 0 radical (unpaired) electrons. The van der Waals surface area contributed by atoms with E-state index in [1.54, 1.807) is 27.7 Å². The molecule has 0 bridgehead atoms. The van der Waals surface area contributed by atoms with Gasteiger partial charge in [0.1, 0.15) is 5.60 Å². The standard InChI is InChI=1S/C13H17NO4/c1-7-9(12(17)18-13(3,4)5)6-10(8(2)15)11(16)14-7/h6H,1-5H3,(H,14,16). The van der Waals surface area contributed by atoms with Gasteiger partial charge in [-0.25, -0.2) is 4.79 Å². The molecular formula is C13H17NO4. The molecule has 0 atom stereocenters. The normalized spacial score (nSPS) is 11.2. The maximum atomic E-state index is 11.9. The van der Waals surface area contributed by atoms with Crippen LogP contribution in [-0.4, -0.2) is 22.3 Å². The average molecular weight is 251 g/mol. The fraction of sp³-hybridized carbons (Fsp3) is 0.462. The highest BCUT2D eigenvalue weighted by atomic mass is 16.6. The molecule has 0 spiro atoms. The Morgan fingerprint density at radius 1 is 1.22 bits per heavy atom. The van der Waals surface area contributed by atoms with Crippen LogP contribution in [0.5, 0.6) is 0 Å². The Morgan fingerprint density at radius 2 is 1.78 bits per heavy atom. The summed E-state index contributed by atoms with van der Waals surface area (Å²) in [6.07, 6.45) is 0. The molecule has 98 valence electrons. The van der Waals surface area contributed by atoms with E-state index in [0.717, 1.165) is 0 Å². The number of carbonyl (C=O) groups is 2. The number of rotatable bonds is 2. The van der Waals surface area contributed by atoms with E-state index in [0.29, 0.717) is 5.69 Å². The maximum Gasteiger partial charge on any atom is 0.340 e. The molecular weight excluding hydrogens is 234 g/mol. The van der Waals surface area contributed by atoms with E-state index in [1.165, 1.54) is 13.0 Å². The van der Waals surface area contributed by atoms with Crippen molar-refractivity contribution in [3.8, 4) is 0 Å². The molecule has 1 aromatic heterocycles. The highest BCUT2D eigenvalue weighted by Gasteiger charge is 2.21. The first-order valence-electron chi connectivity index (χ1n) is 5.60. The number of aromatic nitrogens is 1. The highest BCUT2D eigenvalue weighted by molar-refractivity contribution is 5.98. The third kappa shape index (κ3) is 3.29. The van der Waals surface area contributed by atoms with Gasteiger partial charge in [-0.2, -0.15) is 0 Å². The molecule has 0 amide bonds. The molecule has 0 unspecified atom stereocenters. The third-order valence-electron chi connectivity index (χ3n) is 2.24. The minimum atomic E-state index is -0.629. The molecule has 1 rings (SSSR count). The lowest BCUT2D eigenvalue weighted by Gasteiger charge is -2.20. The van der Waals surface area contributed by atoms with Gasteiger partial charge < -0.3 is 9.72 Å². The average Bonchev–Trinajstić information content (AvgIpc) is 2.13. The summed E-state index contributed by atoms with van der Waals surface area (Å²) >= 11 is 0. The number of ether oxygens (including phenoxy) is 1. The Labute approximate surface area is 105 Å². The topological polar surface area (TPSA) is 76.2 Å². The second-order valence-corrected chi connectivity index (χ2v) is 5.11. The largest absolute Gasteiger partial charge is 0.456 e. The Kier molecular flexibility index (Phi) is 3.74. The molecule has 0 fully saturated rings. The minimum Gasteiger partial charge on any atom is -0.456 e. The van der Waals surface area contributed by atoms with Crippen LogP contribution >= 0.6 is 0 Å². The summed E-state index contributed by atoms with van der Waals surface area (Å²) in [5.74, 6) is -0.945. The Hall–Kier alpha value is -1.91. The van der Waals surface area contributed by atoms with Crippen molar-refractivity contribution in [3.05, 3.63) is 33.2 Å². The Balaban J connectivity index is 3.25. The second-order valence-electron chi connectivity index (χ2n) is 5.11. The molecule has 0 aliphatic heterocycles. The van der Waals surface area contributed by atoms with E-state index in [1.807, 2.05) is 0 Å². The van der Waals surface area contributed by atoms with Gasteiger partial charge in [-0.05, 0) is 40.7 Å². The predicted octanol–water partition coefficient (Wildman–Crippen LogP) is 1.84. The summed E-state index contributed by atoms with van der Waals surface area (Å²) in [5.41, 5.74) is -0.571. The molecule has 1 N–H and O–H groups in total. The van der Waals surface area contributed by atoms with Gasteiger partial charge in [0.25, 0.3) is 5.56 Å². The first-order chi connectivity index (χ1) is 8.11. The van der Waals surface area contributed by atoms with E-state index in [-0.39, 0.29) is 16.9 Å². The van der Waals surface area contributed by atoms with Crippen LogP contribution in [0.15, 0.2) is 10.9 Å². The van der Waals surface area contributed by atoms with E-state index >= 15 is 0 Å². The molecule has 1 heterocycles. The Bertz CT molecular complexity index is 549. The van der Waals surface area contributed by atoms with Crippen molar-refractivity contribution in [2.45, 2.75) is 40.2 Å². The van der Waals surface area contributed by atoms with Crippen LogP contribution in [-0.2, 0) is 4.74 Å². The molecule has 0 saturated heterocycles. The van der Waals surface area contributed by atoms with Crippen molar-refractivity contribution < 1.29 is 14.3 Å². The number of aryl methyl sites for hydroxylation is 1. The maximum absolute atomic E-state index is 11.9. The number of ketones is 1. The van der Waals surface area contributed by atoms with Crippen molar-refractivity contribution in [3.63, 3.8) is 0 Å². The molecule has 5 nitrogen and oxygen atoms in total. The van der Waals surface area contributed by atoms with E-state index < -0.39 is 17.1 Å². The van der Waals surface area contributed by atoms with Crippen molar-refractivity contribution in [1.82, 2.24) is 4.98 Å². The van der Waals surface area contributed by atoms with E-state index in [9.17, 15) is 14.4 Å². The second kappa shape index (κ2) is 4.76. The lowest BCUT2D eigenvalue weighted by Crippen LogP contribution is -2.26. The van der Waals surface area contributed by atoms with Crippen molar-refractivity contribution in [1.29, 1.82) is 0 Å². The van der Waals surface area contributed by atoms with Crippen molar-refractivity contribution in [2.75, 3.05) is 0 Å². The fourth-order valence-electron chi connectivity index (χ4n) is 1.43. The first-order valence-corrected chi connectivity index (χ1v) is 5.60. The fourth-order valence-corrected chi connectivity index (χ4v) is 1.43. The summed E-state index contributed by atoms with van der Waals surface area (Å²) in [5, 5.41) is 0. The number of esters is 1. The van der Waals surface area contributed by atoms with Gasteiger partial charge >= 0.3 is 5.97 Å². The van der Waals surface area contributed by atoms with Gasteiger partial charge in [-0.3, -0.25) is 9.59 Å². The van der Waals surface area contributed by atoms with Crippen LogP contribution in [0.4, 0.5) is 0 Å². The number of hydrogen-bond donors (Lipinski definition) is 1. The van der Waals surface area contributed by atoms with Gasteiger partial charge in [-0.15, -0.1) is 0 Å². The molecule has 0 aromatic carbocycles. The lowest BCUT2D eigenvalue weighted by molar-refractivity contribution is 0.00682. The minimum absolute atomic E-state index is 0.0403. The quantitative estimate of drug-likeness (QED) is 0.642. The molecule has 0 saturated carbocycles. The Morgan fingerprint density at radius 3 is 2.22 bits per heavy atom. The van der Waals surface area contributed by atoms with Gasteiger partial charge in [0.15, 0.2) is 5.78 Å². The summed E-state index contributed by atoms with van der Waals surface area (Å²) in [6.45, 7) is 8.11. The molecule has 18 heavy (non-hydrogen) atoms. The van der Waals surface area contributed by atoms with Gasteiger partial charge in [0.05, 0.1) is 11.1 Å². The van der Waals surface area contributed by atoms with Gasteiger partial charge in [-0.1, -0.05) is 0 Å². The monoisotopic (exact) mass is 251 g/mol. The van der Waals surface area contributed by atoms with Crippen LogP contribution in [0, 0.1) is 6.92 Å². The highest BCUT2D eigenvalue weighted by Crippen LogP contribution is 2.14. The van der Waals surface area contributed by atoms with Crippen molar-refractivity contribution >= 4 is 11.8 Å². The van der Waals surface area contributed by atoms with Crippen molar-refractivity contribution in [2.24, 2.45) is 0 Å². The van der Waals surface area contributed by atoms with Gasteiger partial charge in [0, 0.05) is 5.69 Å².